The third kappa shape index (κ3) is 4.57. The van der Waals surface area contributed by atoms with E-state index in [1.54, 1.807) is 24.3 Å². The Kier molecular flexibility index (Phi) is 5.43. The third-order valence-corrected chi connectivity index (χ3v) is 3.51. The zero-order chi connectivity index (χ0) is 18.4. The van der Waals surface area contributed by atoms with E-state index in [4.69, 9.17) is 4.74 Å². The van der Waals surface area contributed by atoms with Gasteiger partial charge < -0.3 is 15.4 Å². The van der Waals surface area contributed by atoms with Crippen molar-refractivity contribution < 1.29 is 18.3 Å². The standard InChI is InChI=1S/C20H16F2N2O2/c21-17-7-4-8-18(22)20(17)24-19(25)13-23-14-9-11-16(12-10-14)26-15-5-2-1-3-6-15/h1-12,23H,13H2,(H,24,25). The molecule has 2 N–H and O–H groups in total. The second-order valence-corrected chi connectivity index (χ2v) is 5.44. The summed E-state index contributed by atoms with van der Waals surface area (Å²) in [6.07, 6.45) is 0. The van der Waals surface area contributed by atoms with Gasteiger partial charge in [0.05, 0.1) is 6.54 Å². The molecule has 0 bridgehead atoms. The average Bonchev–Trinajstić information content (AvgIpc) is 2.65. The van der Waals surface area contributed by atoms with Gasteiger partial charge in [0.2, 0.25) is 5.91 Å². The van der Waals surface area contributed by atoms with E-state index in [1.807, 2.05) is 30.3 Å². The first-order valence-electron chi connectivity index (χ1n) is 7.92. The monoisotopic (exact) mass is 354 g/mol. The Morgan fingerprint density at radius 2 is 1.42 bits per heavy atom. The van der Waals surface area contributed by atoms with Gasteiger partial charge in [0.25, 0.3) is 0 Å². The maximum absolute atomic E-state index is 13.5. The van der Waals surface area contributed by atoms with Crippen LogP contribution in [0.1, 0.15) is 0 Å². The fourth-order valence-electron chi connectivity index (χ4n) is 2.25. The van der Waals surface area contributed by atoms with E-state index < -0.39 is 23.2 Å². The van der Waals surface area contributed by atoms with Gasteiger partial charge in [-0.15, -0.1) is 0 Å². The first-order chi connectivity index (χ1) is 12.6. The van der Waals surface area contributed by atoms with Crippen LogP contribution in [-0.2, 0) is 4.79 Å². The summed E-state index contributed by atoms with van der Waals surface area (Å²) >= 11 is 0. The van der Waals surface area contributed by atoms with Gasteiger partial charge in [-0.05, 0) is 48.5 Å². The molecule has 0 aromatic heterocycles. The average molecular weight is 354 g/mol. The predicted molar refractivity (Wildman–Crippen MR) is 96.4 cm³/mol. The number of halogens is 2. The predicted octanol–water partition coefficient (Wildman–Crippen LogP) is 4.81. The van der Waals surface area contributed by atoms with Crippen molar-refractivity contribution in [3.8, 4) is 11.5 Å². The van der Waals surface area contributed by atoms with Gasteiger partial charge in [-0.25, -0.2) is 8.78 Å². The van der Waals surface area contributed by atoms with Crippen LogP contribution < -0.4 is 15.4 Å². The summed E-state index contributed by atoms with van der Waals surface area (Å²) in [4.78, 5) is 11.9. The van der Waals surface area contributed by atoms with Gasteiger partial charge in [-0.3, -0.25) is 4.79 Å². The Morgan fingerprint density at radius 1 is 0.808 bits per heavy atom. The van der Waals surface area contributed by atoms with Crippen LogP contribution in [-0.4, -0.2) is 12.5 Å². The molecule has 1 amide bonds. The van der Waals surface area contributed by atoms with Crippen LogP contribution in [0.25, 0.3) is 0 Å². The number of benzene rings is 3. The number of carbonyl (C=O) groups is 1. The van der Waals surface area contributed by atoms with Gasteiger partial charge in [0.1, 0.15) is 28.8 Å². The molecule has 3 aromatic rings. The highest BCUT2D eigenvalue weighted by Gasteiger charge is 2.11. The van der Waals surface area contributed by atoms with Crippen molar-refractivity contribution in [1.29, 1.82) is 0 Å². The van der Waals surface area contributed by atoms with Crippen LogP contribution in [0.3, 0.4) is 0 Å². The second-order valence-electron chi connectivity index (χ2n) is 5.44. The SMILES string of the molecule is O=C(CNc1ccc(Oc2ccccc2)cc1)Nc1c(F)cccc1F. The van der Waals surface area contributed by atoms with E-state index in [1.165, 1.54) is 6.07 Å². The van der Waals surface area contributed by atoms with Gasteiger partial charge in [0.15, 0.2) is 0 Å². The van der Waals surface area contributed by atoms with Crippen LogP contribution in [0.4, 0.5) is 20.2 Å². The lowest BCUT2D eigenvalue weighted by molar-refractivity contribution is -0.114. The molecule has 132 valence electrons. The second kappa shape index (κ2) is 8.11. The topological polar surface area (TPSA) is 50.4 Å². The van der Waals surface area contributed by atoms with E-state index in [0.717, 1.165) is 17.9 Å². The molecule has 0 atom stereocenters. The van der Waals surface area contributed by atoms with Crippen molar-refractivity contribution in [3.63, 3.8) is 0 Å². The molecule has 0 heterocycles. The molecule has 0 spiro atoms. The van der Waals surface area contributed by atoms with Crippen LogP contribution in [0.15, 0.2) is 72.8 Å². The van der Waals surface area contributed by atoms with Crippen molar-refractivity contribution in [3.05, 3.63) is 84.4 Å². The molecule has 0 saturated carbocycles. The van der Waals surface area contributed by atoms with E-state index in [2.05, 4.69) is 10.6 Å². The van der Waals surface area contributed by atoms with Crippen LogP contribution in [0.5, 0.6) is 11.5 Å². The molecule has 0 unspecified atom stereocenters. The molecular weight excluding hydrogens is 338 g/mol. The lowest BCUT2D eigenvalue weighted by Gasteiger charge is -2.10. The Morgan fingerprint density at radius 3 is 2.08 bits per heavy atom. The minimum Gasteiger partial charge on any atom is -0.457 e. The first-order valence-corrected chi connectivity index (χ1v) is 7.92. The van der Waals surface area contributed by atoms with Gasteiger partial charge in [-0.2, -0.15) is 0 Å². The molecule has 0 aliphatic carbocycles. The minimum absolute atomic E-state index is 0.132. The van der Waals surface area contributed by atoms with Crippen LogP contribution in [0, 0.1) is 11.6 Å². The molecule has 3 aromatic carbocycles. The third-order valence-electron chi connectivity index (χ3n) is 3.51. The highest BCUT2D eigenvalue weighted by atomic mass is 19.1. The number of carbonyl (C=O) groups excluding carboxylic acids is 1. The molecule has 4 nitrogen and oxygen atoms in total. The van der Waals surface area contributed by atoms with Gasteiger partial charge >= 0.3 is 0 Å². The number of nitrogens with one attached hydrogen (secondary N) is 2. The Labute approximate surface area is 149 Å². The summed E-state index contributed by atoms with van der Waals surface area (Å²) in [5.41, 5.74) is 0.223. The summed E-state index contributed by atoms with van der Waals surface area (Å²) in [6.45, 7) is -0.132. The lowest BCUT2D eigenvalue weighted by Crippen LogP contribution is -2.22. The summed E-state index contributed by atoms with van der Waals surface area (Å²) in [7, 11) is 0. The molecule has 0 aliphatic heterocycles. The highest BCUT2D eigenvalue weighted by molar-refractivity contribution is 5.94. The zero-order valence-electron chi connectivity index (χ0n) is 13.7. The first kappa shape index (κ1) is 17.4. The molecule has 0 radical (unpaired) electrons. The zero-order valence-corrected chi connectivity index (χ0v) is 13.7. The lowest BCUT2D eigenvalue weighted by atomic mass is 10.2. The quantitative estimate of drug-likeness (QED) is 0.668. The fourth-order valence-corrected chi connectivity index (χ4v) is 2.25. The number of anilines is 2. The summed E-state index contributed by atoms with van der Waals surface area (Å²) in [5.74, 6) is -0.820. The normalized spacial score (nSPS) is 10.2. The molecule has 0 fully saturated rings. The summed E-state index contributed by atoms with van der Waals surface area (Å²) < 4.78 is 32.7. The number of hydrogen-bond acceptors (Lipinski definition) is 3. The molecule has 6 heteroatoms. The number of amides is 1. The van der Waals surface area contributed by atoms with Gasteiger partial charge in [0, 0.05) is 5.69 Å². The number of para-hydroxylation sites is 2. The number of rotatable bonds is 6. The Hall–Kier alpha value is -3.41. The fraction of sp³-hybridized carbons (Fsp3) is 0.0500. The number of ether oxygens (including phenoxy) is 1. The number of hydrogen-bond donors (Lipinski definition) is 2. The summed E-state index contributed by atoms with van der Waals surface area (Å²) in [5, 5.41) is 5.10. The minimum atomic E-state index is -0.819. The van der Waals surface area contributed by atoms with Crippen molar-refractivity contribution in [2.45, 2.75) is 0 Å². The Bertz CT molecular complexity index is 864. The van der Waals surface area contributed by atoms with Crippen molar-refractivity contribution >= 4 is 17.3 Å². The maximum atomic E-state index is 13.5. The highest BCUT2D eigenvalue weighted by Crippen LogP contribution is 2.22. The van der Waals surface area contributed by atoms with Crippen molar-refractivity contribution in [2.24, 2.45) is 0 Å². The van der Waals surface area contributed by atoms with E-state index in [-0.39, 0.29) is 6.54 Å². The molecular formula is C20H16F2N2O2. The molecule has 0 saturated heterocycles. The van der Waals surface area contributed by atoms with Gasteiger partial charge in [-0.1, -0.05) is 24.3 Å². The molecule has 26 heavy (non-hydrogen) atoms. The Balaban J connectivity index is 1.54. The van der Waals surface area contributed by atoms with Crippen LogP contribution >= 0.6 is 0 Å². The van der Waals surface area contributed by atoms with Crippen LogP contribution in [0.2, 0.25) is 0 Å². The largest absolute Gasteiger partial charge is 0.457 e. The smallest absolute Gasteiger partial charge is 0.243 e. The maximum Gasteiger partial charge on any atom is 0.243 e. The van der Waals surface area contributed by atoms with E-state index in [0.29, 0.717) is 11.4 Å². The van der Waals surface area contributed by atoms with E-state index >= 15 is 0 Å². The molecule has 0 aliphatic rings. The van der Waals surface area contributed by atoms with E-state index in [9.17, 15) is 13.6 Å². The summed E-state index contributed by atoms with van der Waals surface area (Å²) in [6, 6.07) is 19.7. The van der Waals surface area contributed by atoms with Crippen molar-refractivity contribution in [2.75, 3.05) is 17.2 Å². The molecule has 3 rings (SSSR count). The van der Waals surface area contributed by atoms with Crippen molar-refractivity contribution in [1.82, 2.24) is 0 Å².